The molecule has 6 rings (SSSR count). The molecule has 3 aliphatic carbocycles. The molecule has 2 aromatic rings. The number of allylic oxidation sites excluding steroid dienone is 2. The first-order valence-electron chi connectivity index (χ1n) is 12.0. The molecule has 2 amide bonds. The summed E-state index contributed by atoms with van der Waals surface area (Å²) in [6.45, 7) is 2.58. The predicted molar refractivity (Wildman–Crippen MR) is 145 cm³/mol. The number of imide groups is 1. The third-order valence-corrected chi connectivity index (χ3v) is 9.26. The van der Waals surface area contributed by atoms with Crippen LogP contribution in [0, 0.1) is 32.7 Å². The van der Waals surface area contributed by atoms with Crippen molar-refractivity contribution in [1.29, 1.82) is 0 Å². The van der Waals surface area contributed by atoms with Gasteiger partial charge in [-0.3, -0.25) is 9.59 Å². The van der Waals surface area contributed by atoms with E-state index in [1.54, 1.807) is 24.4 Å². The zero-order valence-corrected chi connectivity index (χ0v) is 23.1. The Morgan fingerprint density at radius 3 is 2.39 bits per heavy atom. The number of carbonyl (C=O) groups excluding carboxylic acids is 2. The van der Waals surface area contributed by atoms with E-state index in [1.165, 1.54) is 0 Å². The van der Waals surface area contributed by atoms with Gasteiger partial charge in [0.25, 0.3) is 11.8 Å². The van der Waals surface area contributed by atoms with Crippen molar-refractivity contribution < 1.29 is 19.1 Å². The van der Waals surface area contributed by atoms with Crippen LogP contribution in [0.3, 0.4) is 0 Å². The van der Waals surface area contributed by atoms with Crippen LogP contribution in [0.15, 0.2) is 47.6 Å². The van der Waals surface area contributed by atoms with E-state index in [0.717, 1.165) is 27.0 Å². The van der Waals surface area contributed by atoms with Gasteiger partial charge in [0.1, 0.15) is 6.61 Å². The number of carbonyl (C=O) groups is 2. The lowest BCUT2D eigenvalue weighted by atomic mass is 9.85. The molecular formula is C27H23Cl2IN2O4. The first-order valence-corrected chi connectivity index (χ1v) is 13.8. The highest BCUT2D eigenvalue weighted by Crippen LogP contribution is 2.73. The summed E-state index contributed by atoms with van der Waals surface area (Å²) in [4.78, 5) is 26.4. The Labute approximate surface area is 232 Å². The number of hydrogen-bond donors (Lipinski definition) is 0. The Balaban J connectivity index is 1.21. The Hall–Kier alpha value is -2.10. The Morgan fingerprint density at radius 2 is 1.78 bits per heavy atom. The van der Waals surface area contributed by atoms with Crippen molar-refractivity contribution in [2.24, 2.45) is 34.2 Å². The minimum Gasteiger partial charge on any atom is -0.490 e. The van der Waals surface area contributed by atoms with Gasteiger partial charge in [-0.1, -0.05) is 41.4 Å². The van der Waals surface area contributed by atoms with Gasteiger partial charge in [0.15, 0.2) is 11.5 Å². The molecule has 36 heavy (non-hydrogen) atoms. The van der Waals surface area contributed by atoms with E-state index in [-0.39, 0.29) is 47.5 Å². The number of nitrogens with zero attached hydrogens (tertiary/aromatic N) is 2. The van der Waals surface area contributed by atoms with E-state index in [4.69, 9.17) is 32.7 Å². The topological polar surface area (TPSA) is 68.2 Å². The molecule has 186 valence electrons. The van der Waals surface area contributed by atoms with E-state index < -0.39 is 0 Å². The SMILES string of the molecule is CCOc1cc(/C=N\N2C(=O)[C@H]3[C@H](C2=O)[C@H]2C=C[C@H]3C23CC3)cc(I)c1OCc1ccc(Cl)cc1Cl. The lowest BCUT2D eigenvalue weighted by Crippen LogP contribution is -2.30. The molecule has 1 aliphatic heterocycles. The second-order valence-corrected chi connectivity index (χ2v) is 11.7. The highest BCUT2D eigenvalue weighted by molar-refractivity contribution is 14.1. The fraction of sp³-hybridized carbons (Fsp3) is 0.370. The number of hydrogen-bond acceptors (Lipinski definition) is 5. The number of ether oxygens (including phenoxy) is 2. The van der Waals surface area contributed by atoms with Crippen molar-refractivity contribution in [3.8, 4) is 11.5 Å². The first kappa shape index (κ1) is 24.2. The molecular weight excluding hydrogens is 614 g/mol. The second-order valence-electron chi connectivity index (χ2n) is 9.74. The number of halogens is 3. The van der Waals surface area contributed by atoms with Gasteiger partial charge in [0.2, 0.25) is 0 Å². The molecule has 3 fully saturated rings. The van der Waals surface area contributed by atoms with Crippen molar-refractivity contribution >= 4 is 63.8 Å². The summed E-state index contributed by atoms with van der Waals surface area (Å²) in [5, 5.41) is 6.51. The van der Waals surface area contributed by atoms with Crippen molar-refractivity contribution in [3.63, 3.8) is 0 Å². The average molecular weight is 637 g/mol. The molecule has 2 bridgehead atoms. The normalized spacial score (nSPS) is 26.9. The van der Waals surface area contributed by atoms with E-state index >= 15 is 0 Å². The lowest BCUT2D eigenvalue weighted by Gasteiger charge is -2.18. The molecule has 1 spiro atoms. The number of fused-ring (bicyclic) bond motifs is 3. The van der Waals surface area contributed by atoms with Crippen LogP contribution in [-0.2, 0) is 16.2 Å². The Bertz CT molecular complexity index is 1310. The molecule has 0 unspecified atom stereocenters. The van der Waals surface area contributed by atoms with Crippen LogP contribution >= 0.6 is 45.8 Å². The first-order chi connectivity index (χ1) is 17.3. The summed E-state index contributed by atoms with van der Waals surface area (Å²) in [6, 6.07) is 8.94. The predicted octanol–water partition coefficient (Wildman–Crippen LogP) is 6.11. The summed E-state index contributed by atoms with van der Waals surface area (Å²) in [6.07, 6.45) is 8.09. The molecule has 4 atom stereocenters. The zero-order chi connectivity index (χ0) is 25.2. The summed E-state index contributed by atoms with van der Waals surface area (Å²) in [5.74, 6) is 0.613. The monoisotopic (exact) mass is 636 g/mol. The largest absolute Gasteiger partial charge is 0.490 e. The highest BCUT2D eigenvalue weighted by Gasteiger charge is 2.73. The van der Waals surface area contributed by atoms with E-state index in [2.05, 4.69) is 39.8 Å². The molecule has 1 saturated heterocycles. The van der Waals surface area contributed by atoms with Crippen LogP contribution < -0.4 is 9.47 Å². The van der Waals surface area contributed by atoms with Crippen LogP contribution in [-0.4, -0.2) is 29.6 Å². The fourth-order valence-corrected chi connectivity index (χ4v) is 7.40. The van der Waals surface area contributed by atoms with Crippen LogP contribution in [0.1, 0.15) is 30.9 Å². The Kier molecular flexibility index (Phi) is 6.08. The fourth-order valence-electron chi connectivity index (χ4n) is 6.16. The summed E-state index contributed by atoms with van der Waals surface area (Å²) in [5.41, 5.74) is 1.68. The smallest absolute Gasteiger partial charge is 0.254 e. The standard InChI is InChI=1S/C27H23Cl2IN2O4/c1-2-35-21-10-14(9-20(30)24(21)36-13-15-3-4-16(28)11-19(15)29)12-31-32-25(33)22-17-5-6-18(23(22)26(32)34)27(17)7-8-27/h3-6,9-12,17-18,22-23H,2,7-8,13H2,1H3/b31-12-/t17-,18-,22-,23-/m1/s1. The minimum absolute atomic E-state index is 0.172. The van der Waals surface area contributed by atoms with Gasteiger partial charge in [-0.15, -0.1) is 0 Å². The van der Waals surface area contributed by atoms with E-state index in [1.807, 2.05) is 19.1 Å². The average Bonchev–Trinajstić information content (AvgIpc) is 3.44. The zero-order valence-electron chi connectivity index (χ0n) is 19.4. The summed E-state index contributed by atoms with van der Waals surface area (Å²) < 4.78 is 12.7. The van der Waals surface area contributed by atoms with Crippen LogP contribution in [0.5, 0.6) is 11.5 Å². The van der Waals surface area contributed by atoms with Gasteiger partial charge >= 0.3 is 0 Å². The van der Waals surface area contributed by atoms with E-state index in [0.29, 0.717) is 33.7 Å². The van der Waals surface area contributed by atoms with Crippen molar-refractivity contribution in [2.45, 2.75) is 26.4 Å². The van der Waals surface area contributed by atoms with Gasteiger partial charge in [-0.25, -0.2) is 0 Å². The highest BCUT2D eigenvalue weighted by atomic mass is 127. The summed E-state index contributed by atoms with van der Waals surface area (Å²) in [7, 11) is 0. The third kappa shape index (κ3) is 3.77. The van der Waals surface area contributed by atoms with Crippen LogP contribution in [0.4, 0.5) is 0 Å². The van der Waals surface area contributed by atoms with Crippen molar-refractivity contribution in [1.82, 2.24) is 5.01 Å². The second kappa shape index (κ2) is 9.03. The molecule has 2 saturated carbocycles. The molecule has 2 aromatic carbocycles. The molecule has 1 heterocycles. The van der Waals surface area contributed by atoms with Gasteiger partial charge in [0.05, 0.1) is 28.2 Å². The molecule has 4 aliphatic rings. The van der Waals surface area contributed by atoms with Gasteiger partial charge in [0, 0.05) is 15.6 Å². The van der Waals surface area contributed by atoms with Gasteiger partial charge < -0.3 is 9.47 Å². The number of hydrazone groups is 1. The maximum atomic E-state index is 13.2. The van der Waals surface area contributed by atoms with Crippen molar-refractivity contribution in [3.05, 3.63) is 67.2 Å². The third-order valence-electron chi connectivity index (χ3n) is 7.87. The number of amides is 2. The number of benzene rings is 2. The molecule has 6 nitrogen and oxygen atoms in total. The van der Waals surface area contributed by atoms with Crippen LogP contribution in [0.2, 0.25) is 10.0 Å². The molecule has 9 heteroatoms. The van der Waals surface area contributed by atoms with Crippen molar-refractivity contribution in [2.75, 3.05) is 6.61 Å². The van der Waals surface area contributed by atoms with Crippen LogP contribution in [0.25, 0.3) is 0 Å². The number of rotatable bonds is 7. The Morgan fingerprint density at radius 1 is 1.08 bits per heavy atom. The molecule has 0 radical (unpaired) electrons. The van der Waals surface area contributed by atoms with E-state index in [9.17, 15) is 9.59 Å². The minimum atomic E-state index is -0.262. The molecule has 0 aromatic heterocycles. The molecule has 0 N–H and O–H groups in total. The van der Waals surface area contributed by atoms with Gasteiger partial charge in [-0.2, -0.15) is 10.1 Å². The maximum absolute atomic E-state index is 13.2. The quantitative estimate of drug-likeness (QED) is 0.159. The lowest BCUT2D eigenvalue weighted by molar-refractivity contribution is -0.141. The van der Waals surface area contributed by atoms with Gasteiger partial charge in [-0.05, 0) is 89.4 Å². The maximum Gasteiger partial charge on any atom is 0.254 e. The summed E-state index contributed by atoms with van der Waals surface area (Å²) >= 11 is 14.5.